The average molecular weight is 613 g/mol. The van der Waals surface area contributed by atoms with Crippen LogP contribution in [-0.2, 0) is 9.47 Å². The van der Waals surface area contributed by atoms with E-state index in [0.29, 0.717) is 0 Å². The Morgan fingerprint density at radius 3 is 2.43 bits per heavy atom. The first kappa shape index (κ1) is 33.2. The van der Waals surface area contributed by atoms with Crippen LogP contribution in [0, 0.1) is 11.6 Å². The highest BCUT2D eigenvalue weighted by Crippen LogP contribution is 2.29. The Balaban J connectivity index is 0.000000265. The molecule has 1 unspecified atom stereocenters. The van der Waals surface area contributed by atoms with Gasteiger partial charge in [0.1, 0.15) is 18.1 Å². The number of carbonyl (C=O) groups excluding carboxylic acids is 1. The first-order chi connectivity index (χ1) is 21.0. The van der Waals surface area contributed by atoms with Gasteiger partial charge in [0.2, 0.25) is 0 Å². The highest BCUT2D eigenvalue weighted by molar-refractivity contribution is 5.75. The van der Waals surface area contributed by atoms with Crippen LogP contribution in [0.2, 0.25) is 0 Å². The first-order valence-electron chi connectivity index (χ1n) is 15.5. The van der Waals surface area contributed by atoms with Gasteiger partial charge in [-0.25, -0.2) is 18.3 Å². The topological polar surface area (TPSA) is 69.1 Å². The Morgan fingerprint density at radius 2 is 1.80 bits per heavy atom. The molecule has 2 saturated heterocycles. The van der Waals surface area contributed by atoms with Crippen LogP contribution >= 0.6 is 0 Å². The van der Waals surface area contributed by atoms with Crippen LogP contribution in [0.3, 0.4) is 0 Å². The molecule has 1 atom stereocenters. The second-order valence-corrected chi connectivity index (χ2v) is 12.0. The maximum atomic E-state index is 13.8. The molecule has 3 aliphatic rings. The summed E-state index contributed by atoms with van der Waals surface area (Å²) >= 11 is 0. The van der Waals surface area contributed by atoms with Gasteiger partial charge in [-0.2, -0.15) is 5.10 Å². The Morgan fingerprint density at radius 1 is 1.05 bits per heavy atom. The van der Waals surface area contributed by atoms with Gasteiger partial charge in [-0.15, -0.1) is 0 Å². The summed E-state index contributed by atoms with van der Waals surface area (Å²) in [6.07, 6.45) is 9.05. The molecule has 8 nitrogen and oxygen atoms in total. The Hall–Kier alpha value is -3.66. The van der Waals surface area contributed by atoms with Crippen LogP contribution in [0.5, 0.6) is 5.75 Å². The van der Waals surface area contributed by atoms with E-state index in [1.165, 1.54) is 23.3 Å². The lowest BCUT2D eigenvalue weighted by Crippen LogP contribution is -2.37. The number of hydrogen-bond donors (Lipinski definition) is 0. The quantitative estimate of drug-likeness (QED) is 0.238. The second-order valence-electron chi connectivity index (χ2n) is 12.0. The molecule has 2 fully saturated rings. The molecule has 240 valence electrons. The first-order valence-corrected chi connectivity index (χ1v) is 15.5. The largest absolute Gasteiger partial charge is 0.487 e. The maximum absolute atomic E-state index is 13.8. The number of halogens is 2. The SMILES string of the molecule is C=C(C(=C)N1CCC(Oc2ccc(F)cc2F)CC1)c1cnn(C2CCCCO2)c1.CC1=C(C)CN(C(=O)OC(C)C)CC1. The number of nitrogens with zero attached hydrogens (tertiary/aromatic N) is 4. The van der Waals surface area contributed by atoms with Crippen molar-refractivity contribution in [2.75, 3.05) is 32.8 Å². The van der Waals surface area contributed by atoms with Gasteiger partial charge in [-0.3, -0.25) is 0 Å². The highest BCUT2D eigenvalue weighted by atomic mass is 19.1. The molecule has 5 rings (SSSR count). The normalized spacial score (nSPS) is 19.4. The lowest BCUT2D eigenvalue weighted by Gasteiger charge is -2.35. The summed E-state index contributed by atoms with van der Waals surface area (Å²) < 4.78 is 45.4. The second kappa shape index (κ2) is 15.4. The molecule has 10 heteroatoms. The van der Waals surface area contributed by atoms with Gasteiger partial charge in [0, 0.05) is 74.7 Å². The Labute approximate surface area is 259 Å². The molecule has 1 amide bonds. The van der Waals surface area contributed by atoms with E-state index in [4.69, 9.17) is 14.2 Å². The minimum atomic E-state index is -0.672. The van der Waals surface area contributed by atoms with Crippen molar-refractivity contribution < 1.29 is 27.8 Å². The molecule has 44 heavy (non-hydrogen) atoms. The van der Waals surface area contributed by atoms with Crippen LogP contribution in [0.4, 0.5) is 13.6 Å². The molecule has 0 saturated carbocycles. The lowest BCUT2D eigenvalue weighted by molar-refractivity contribution is -0.0395. The van der Waals surface area contributed by atoms with Crippen LogP contribution in [0.15, 0.2) is 60.6 Å². The zero-order chi connectivity index (χ0) is 31.8. The average Bonchev–Trinajstić information content (AvgIpc) is 3.51. The molecule has 0 bridgehead atoms. The van der Waals surface area contributed by atoms with Gasteiger partial charge < -0.3 is 24.0 Å². The van der Waals surface area contributed by atoms with Gasteiger partial charge in [-0.1, -0.05) is 24.3 Å². The minimum Gasteiger partial charge on any atom is -0.487 e. The van der Waals surface area contributed by atoms with Crippen LogP contribution in [0.1, 0.15) is 78.0 Å². The number of aromatic nitrogens is 2. The summed E-state index contributed by atoms with van der Waals surface area (Å²) in [6.45, 7) is 20.1. The summed E-state index contributed by atoms with van der Waals surface area (Å²) in [5, 5.41) is 4.45. The number of hydrogen-bond acceptors (Lipinski definition) is 6. The smallest absolute Gasteiger partial charge is 0.410 e. The fourth-order valence-electron chi connectivity index (χ4n) is 5.38. The van der Waals surface area contributed by atoms with E-state index in [0.717, 1.165) is 94.2 Å². The number of rotatable bonds is 7. The number of likely N-dealkylation sites (tertiary alicyclic amines) is 1. The molecule has 1 aromatic heterocycles. The van der Waals surface area contributed by atoms with Crippen molar-refractivity contribution >= 4 is 11.7 Å². The van der Waals surface area contributed by atoms with E-state index in [9.17, 15) is 13.6 Å². The van der Waals surface area contributed by atoms with Gasteiger partial charge in [0.25, 0.3) is 0 Å². The predicted octanol–water partition coefficient (Wildman–Crippen LogP) is 7.50. The molecule has 3 aliphatic heterocycles. The van der Waals surface area contributed by atoms with Gasteiger partial charge >= 0.3 is 6.09 Å². The van der Waals surface area contributed by atoms with E-state index in [-0.39, 0.29) is 30.3 Å². The molecule has 1 aromatic carbocycles. The lowest BCUT2D eigenvalue weighted by atomic mass is 10.0. The number of ether oxygens (including phenoxy) is 3. The fraction of sp³-hybridized carbons (Fsp3) is 0.529. The summed E-state index contributed by atoms with van der Waals surface area (Å²) in [4.78, 5) is 15.5. The molecular formula is C34H46F2N4O4. The standard InChI is InChI=1S/C23H27F2N3O2.C11H19NO2/c1-16(18-14-26-28(15-18)23-5-3-4-12-29-23)17(2)27-10-8-20(9-11-27)30-22-7-6-19(24)13-21(22)25;1-8(2)14-11(13)12-6-5-9(3)10(4)7-12/h6-7,13-15,20,23H,1-5,8-12H2;8H,5-7H2,1-4H3. The Kier molecular flexibility index (Phi) is 11.6. The van der Waals surface area contributed by atoms with E-state index in [1.54, 1.807) is 11.1 Å². The van der Waals surface area contributed by atoms with Crippen molar-refractivity contribution in [1.82, 2.24) is 19.6 Å². The maximum Gasteiger partial charge on any atom is 0.410 e. The van der Waals surface area contributed by atoms with Gasteiger partial charge in [0.05, 0.1) is 12.3 Å². The number of benzene rings is 1. The molecule has 0 N–H and O–H groups in total. The molecule has 0 radical (unpaired) electrons. The summed E-state index contributed by atoms with van der Waals surface area (Å²) in [5.41, 5.74) is 5.31. The van der Waals surface area contributed by atoms with Crippen molar-refractivity contribution in [1.29, 1.82) is 0 Å². The van der Waals surface area contributed by atoms with Crippen molar-refractivity contribution in [3.63, 3.8) is 0 Å². The summed E-state index contributed by atoms with van der Waals surface area (Å²) in [5.74, 6) is -1.19. The van der Waals surface area contributed by atoms with Crippen molar-refractivity contribution in [2.24, 2.45) is 0 Å². The van der Waals surface area contributed by atoms with Crippen LogP contribution in [-0.4, -0.2) is 70.7 Å². The minimum absolute atomic E-state index is 0.00619. The van der Waals surface area contributed by atoms with Crippen LogP contribution in [0.25, 0.3) is 5.57 Å². The van der Waals surface area contributed by atoms with Crippen molar-refractivity contribution in [2.45, 2.75) is 84.7 Å². The van der Waals surface area contributed by atoms with E-state index in [2.05, 4.69) is 37.0 Å². The summed E-state index contributed by atoms with van der Waals surface area (Å²) in [6, 6.07) is 3.39. The molecule has 0 spiro atoms. The van der Waals surface area contributed by atoms with E-state index in [1.807, 2.05) is 24.7 Å². The third-order valence-electron chi connectivity index (χ3n) is 8.27. The number of allylic oxidation sites excluding steroid dienone is 1. The molecular weight excluding hydrogens is 566 g/mol. The number of piperidine rings is 1. The van der Waals surface area contributed by atoms with E-state index < -0.39 is 11.6 Å². The van der Waals surface area contributed by atoms with Crippen LogP contribution < -0.4 is 4.74 Å². The highest BCUT2D eigenvalue weighted by Gasteiger charge is 2.25. The van der Waals surface area contributed by atoms with Crippen molar-refractivity contribution in [3.8, 4) is 5.75 Å². The third-order valence-corrected chi connectivity index (χ3v) is 8.27. The van der Waals surface area contributed by atoms with Gasteiger partial charge in [-0.05, 0) is 65.5 Å². The monoisotopic (exact) mass is 612 g/mol. The van der Waals surface area contributed by atoms with Gasteiger partial charge in [0.15, 0.2) is 11.6 Å². The summed E-state index contributed by atoms with van der Waals surface area (Å²) in [7, 11) is 0. The number of carbonyl (C=O) groups is 1. The molecule has 2 aromatic rings. The van der Waals surface area contributed by atoms with E-state index >= 15 is 0 Å². The van der Waals surface area contributed by atoms with Crippen molar-refractivity contribution in [3.05, 3.63) is 77.8 Å². The molecule has 4 heterocycles. The predicted molar refractivity (Wildman–Crippen MR) is 167 cm³/mol. The zero-order valence-corrected chi connectivity index (χ0v) is 26.5. The third kappa shape index (κ3) is 8.94. The zero-order valence-electron chi connectivity index (χ0n) is 26.5. The Bertz CT molecular complexity index is 1340. The number of amides is 1. The molecule has 0 aliphatic carbocycles. The fourth-order valence-corrected chi connectivity index (χ4v) is 5.38.